The highest BCUT2D eigenvalue weighted by Crippen LogP contribution is 2.22. The maximum absolute atomic E-state index is 11.7. The van der Waals surface area contributed by atoms with E-state index in [-0.39, 0.29) is 5.97 Å². The number of nitrogens with one attached hydrogen (secondary N) is 2. The molecule has 0 spiro atoms. The molecule has 0 unspecified atom stereocenters. The Morgan fingerprint density at radius 1 is 1.10 bits per heavy atom. The lowest BCUT2D eigenvalue weighted by Gasteiger charge is -2.06. The van der Waals surface area contributed by atoms with E-state index in [4.69, 9.17) is 21.4 Å². The molecule has 0 atom stereocenters. The number of thiocarbonyl (C=S) groups is 1. The predicted octanol–water partition coefficient (Wildman–Crippen LogP) is 4.12. The van der Waals surface area contributed by atoms with Crippen molar-refractivity contribution >= 4 is 29.5 Å². The van der Waals surface area contributed by atoms with E-state index in [2.05, 4.69) is 15.8 Å². The fraction of sp³-hybridized carbons (Fsp3) is 0.136. The van der Waals surface area contributed by atoms with Crippen LogP contribution in [-0.2, 0) is 11.3 Å². The van der Waals surface area contributed by atoms with Gasteiger partial charge in [0.05, 0.1) is 18.4 Å². The summed E-state index contributed by atoms with van der Waals surface area (Å²) in [5, 5.41) is 7.59. The van der Waals surface area contributed by atoms with Crippen molar-refractivity contribution in [3.05, 3.63) is 83.6 Å². The van der Waals surface area contributed by atoms with Gasteiger partial charge in [0.1, 0.15) is 11.5 Å². The van der Waals surface area contributed by atoms with E-state index in [0.29, 0.717) is 35.3 Å². The Labute approximate surface area is 174 Å². The van der Waals surface area contributed by atoms with Crippen molar-refractivity contribution < 1.29 is 13.9 Å². The highest BCUT2D eigenvalue weighted by atomic mass is 32.1. The van der Waals surface area contributed by atoms with Crippen molar-refractivity contribution in [3.63, 3.8) is 0 Å². The summed E-state index contributed by atoms with van der Waals surface area (Å²) in [5.74, 6) is 0.911. The molecule has 0 bridgehead atoms. The zero-order valence-corrected chi connectivity index (χ0v) is 16.7. The molecule has 0 radical (unpaired) electrons. The number of esters is 1. The molecule has 6 nitrogen and oxygen atoms in total. The lowest BCUT2D eigenvalue weighted by molar-refractivity contribution is 0.0526. The second-order valence-electron chi connectivity index (χ2n) is 6.04. The number of rotatable bonds is 7. The summed E-state index contributed by atoms with van der Waals surface area (Å²) in [6, 6.07) is 20.6. The highest BCUT2D eigenvalue weighted by Gasteiger charge is 2.08. The van der Waals surface area contributed by atoms with E-state index in [9.17, 15) is 4.79 Å². The minimum absolute atomic E-state index is 0.339. The number of hydrogen-bond acceptors (Lipinski definition) is 5. The minimum atomic E-state index is -0.339. The Hall–Kier alpha value is -3.45. The van der Waals surface area contributed by atoms with Gasteiger partial charge in [-0.05, 0) is 49.0 Å². The van der Waals surface area contributed by atoms with Gasteiger partial charge in [0, 0.05) is 12.1 Å². The number of nitrogens with zero attached hydrogens (tertiary/aromatic N) is 1. The first-order valence-corrected chi connectivity index (χ1v) is 9.54. The summed E-state index contributed by atoms with van der Waals surface area (Å²) < 4.78 is 10.7. The Bertz CT molecular complexity index is 982. The number of ether oxygens (including phenoxy) is 1. The van der Waals surface area contributed by atoms with Gasteiger partial charge in [0.2, 0.25) is 0 Å². The summed E-state index contributed by atoms with van der Waals surface area (Å²) in [6.07, 6.45) is 1.55. The number of furan rings is 1. The molecule has 0 fully saturated rings. The second kappa shape index (κ2) is 10.2. The fourth-order valence-corrected chi connectivity index (χ4v) is 2.66. The number of hydrazone groups is 1. The third kappa shape index (κ3) is 6.02. The van der Waals surface area contributed by atoms with Gasteiger partial charge >= 0.3 is 5.97 Å². The van der Waals surface area contributed by atoms with Crippen LogP contribution in [0.1, 0.15) is 28.6 Å². The normalized spacial score (nSPS) is 10.7. The van der Waals surface area contributed by atoms with Crippen LogP contribution in [0.4, 0.5) is 0 Å². The molecule has 0 amide bonds. The molecule has 0 aliphatic heterocycles. The van der Waals surface area contributed by atoms with E-state index in [1.165, 1.54) is 0 Å². The van der Waals surface area contributed by atoms with E-state index in [1.807, 2.05) is 48.5 Å². The topological polar surface area (TPSA) is 75.9 Å². The van der Waals surface area contributed by atoms with E-state index >= 15 is 0 Å². The van der Waals surface area contributed by atoms with Gasteiger partial charge in [0.15, 0.2) is 5.11 Å². The quantitative estimate of drug-likeness (QED) is 0.266. The van der Waals surface area contributed by atoms with Crippen LogP contribution in [0, 0.1) is 0 Å². The first kappa shape index (κ1) is 20.3. The first-order chi connectivity index (χ1) is 14.2. The summed E-state index contributed by atoms with van der Waals surface area (Å²) >= 11 is 5.20. The van der Waals surface area contributed by atoms with Gasteiger partial charge in [-0.3, -0.25) is 5.43 Å². The molecule has 1 aromatic heterocycles. The predicted molar refractivity (Wildman–Crippen MR) is 117 cm³/mol. The Morgan fingerprint density at radius 3 is 2.59 bits per heavy atom. The summed E-state index contributed by atoms with van der Waals surface area (Å²) in [6.45, 7) is 2.74. The lowest BCUT2D eigenvalue weighted by Crippen LogP contribution is -2.31. The molecule has 0 saturated carbocycles. The van der Waals surface area contributed by atoms with Crippen LogP contribution in [0.25, 0.3) is 11.3 Å². The van der Waals surface area contributed by atoms with E-state index < -0.39 is 0 Å². The van der Waals surface area contributed by atoms with Crippen molar-refractivity contribution in [2.45, 2.75) is 13.5 Å². The van der Waals surface area contributed by atoms with Gasteiger partial charge in [-0.15, -0.1) is 0 Å². The zero-order valence-electron chi connectivity index (χ0n) is 15.9. The van der Waals surface area contributed by atoms with Crippen LogP contribution in [0.3, 0.4) is 0 Å². The summed E-state index contributed by atoms with van der Waals surface area (Å²) in [4.78, 5) is 11.7. The van der Waals surface area contributed by atoms with Gasteiger partial charge in [0.25, 0.3) is 0 Å². The highest BCUT2D eigenvalue weighted by molar-refractivity contribution is 7.80. The van der Waals surface area contributed by atoms with Gasteiger partial charge < -0.3 is 14.5 Å². The van der Waals surface area contributed by atoms with Crippen molar-refractivity contribution in [3.8, 4) is 11.3 Å². The van der Waals surface area contributed by atoms with Crippen LogP contribution in [-0.4, -0.2) is 23.9 Å². The van der Waals surface area contributed by atoms with Crippen LogP contribution < -0.4 is 10.7 Å². The smallest absolute Gasteiger partial charge is 0.338 e. The zero-order chi connectivity index (χ0) is 20.5. The number of hydrogen-bond donors (Lipinski definition) is 2. The van der Waals surface area contributed by atoms with Crippen molar-refractivity contribution in [2.24, 2.45) is 5.10 Å². The van der Waals surface area contributed by atoms with Crippen LogP contribution in [0.15, 0.2) is 76.2 Å². The maximum atomic E-state index is 11.7. The number of carbonyl (C=O) groups is 1. The van der Waals surface area contributed by atoms with E-state index in [0.717, 1.165) is 11.1 Å². The molecule has 148 valence electrons. The van der Waals surface area contributed by atoms with Crippen molar-refractivity contribution in [1.82, 2.24) is 10.7 Å². The van der Waals surface area contributed by atoms with Crippen LogP contribution >= 0.6 is 12.2 Å². The lowest BCUT2D eigenvalue weighted by atomic mass is 10.1. The summed E-state index contributed by atoms with van der Waals surface area (Å²) in [7, 11) is 0. The monoisotopic (exact) mass is 407 g/mol. The molecule has 2 N–H and O–H groups in total. The van der Waals surface area contributed by atoms with Crippen molar-refractivity contribution in [2.75, 3.05) is 6.61 Å². The number of carbonyl (C=O) groups excluding carboxylic acids is 1. The molecule has 0 aliphatic carbocycles. The third-order valence-corrected chi connectivity index (χ3v) is 4.20. The molecule has 0 aliphatic rings. The van der Waals surface area contributed by atoms with Gasteiger partial charge in [-0.25, -0.2) is 4.79 Å². The Morgan fingerprint density at radius 2 is 1.86 bits per heavy atom. The van der Waals surface area contributed by atoms with Gasteiger partial charge in [-0.2, -0.15) is 5.10 Å². The molecule has 2 aromatic carbocycles. The Kier molecular flexibility index (Phi) is 7.13. The SMILES string of the molecule is CCOC(=O)c1ccc(-c2ccc(/C=N\NC(=S)NCc3ccccc3)o2)cc1. The van der Waals surface area contributed by atoms with Crippen molar-refractivity contribution in [1.29, 1.82) is 0 Å². The molecular weight excluding hydrogens is 386 g/mol. The molecule has 0 saturated heterocycles. The van der Waals surface area contributed by atoms with Crippen LogP contribution in [0.2, 0.25) is 0 Å². The van der Waals surface area contributed by atoms with Gasteiger partial charge in [-0.1, -0.05) is 42.5 Å². The standard InChI is InChI=1S/C22H21N3O3S/c1-2-27-21(26)18-10-8-17(9-11-18)20-13-12-19(28-20)15-24-25-22(29)23-14-16-6-4-3-5-7-16/h3-13,15H,2,14H2,1H3,(H2,23,25,29)/b24-15-. The molecule has 29 heavy (non-hydrogen) atoms. The summed E-state index contributed by atoms with van der Waals surface area (Å²) in [5.41, 5.74) is 5.25. The average molecular weight is 407 g/mol. The van der Waals surface area contributed by atoms with E-state index in [1.54, 1.807) is 31.3 Å². The third-order valence-electron chi connectivity index (χ3n) is 3.96. The maximum Gasteiger partial charge on any atom is 0.338 e. The Balaban J connectivity index is 1.52. The average Bonchev–Trinajstić information content (AvgIpc) is 3.22. The second-order valence-corrected chi connectivity index (χ2v) is 6.45. The molecule has 3 rings (SSSR count). The largest absolute Gasteiger partial charge is 0.462 e. The molecule has 7 heteroatoms. The molecule has 1 heterocycles. The minimum Gasteiger partial charge on any atom is -0.462 e. The fourth-order valence-electron chi connectivity index (χ4n) is 2.53. The van der Waals surface area contributed by atoms with Crippen LogP contribution in [0.5, 0.6) is 0 Å². The number of benzene rings is 2. The molecular formula is C22H21N3O3S. The molecule has 3 aromatic rings. The first-order valence-electron chi connectivity index (χ1n) is 9.14.